The fraction of sp³-hybridized carbons (Fsp3) is 0.333. The van der Waals surface area contributed by atoms with Crippen molar-refractivity contribution in [2.45, 2.75) is 57.3 Å². The van der Waals surface area contributed by atoms with Crippen molar-refractivity contribution in [3.63, 3.8) is 0 Å². The van der Waals surface area contributed by atoms with Crippen LogP contribution in [0.5, 0.6) is 0 Å². The molecule has 0 spiro atoms. The molecule has 3 aromatic carbocycles. The van der Waals surface area contributed by atoms with E-state index in [9.17, 15) is 5.11 Å². The summed E-state index contributed by atoms with van der Waals surface area (Å²) in [6.45, 7) is 1.52. The highest BCUT2D eigenvalue weighted by atomic mass is 16.3. The molecule has 0 bridgehead atoms. The first-order chi connectivity index (χ1) is 15.8. The van der Waals surface area contributed by atoms with E-state index >= 15 is 0 Å². The van der Waals surface area contributed by atoms with Crippen LogP contribution in [-0.2, 0) is 13.1 Å². The molecule has 2 nitrogen and oxygen atoms in total. The summed E-state index contributed by atoms with van der Waals surface area (Å²) < 4.78 is 0. The van der Waals surface area contributed by atoms with Gasteiger partial charge in [0.2, 0.25) is 0 Å². The number of rotatable bonds is 7. The number of hydrogen-bond acceptors (Lipinski definition) is 2. The molecule has 0 aliphatic heterocycles. The van der Waals surface area contributed by atoms with Crippen LogP contribution < -0.4 is 0 Å². The molecular weight excluding hydrogens is 390 g/mol. The molecule has 2 heteroatoms. The summed E-state index contributed by atoms with van der Waals surface area (Å²) in [5, 5.41) is 11.6. The van der Waals surface area contributed by atoms with Crippen LogP contribution >= 0.6 is 0 Å². The van der Waals surface area contributed by atoms with E-state index in [2.05, 4.69) is 77.4 Å². The summed E-state index contributed by atoms with van der Waals surface area (Å²) in [4.78, 5) is 2.36. The van der Waals surface area contributed by atoms with Gasteiger partial charge in [0.05, 0.1) is 12.1 Å². The van der Waals surface area contributed by atoms with Crippen molar-refractivity contribution in [3.05, 3.63) is 108 Å². The molecule has 1 N–H and O–H groups in total. The Bertz CT molecular complexity index is 943. The minimum absolute atomic E-state index is 0.223. The van der Waals surface area contributed by atoms with E-state index in [1.807, 2.05) is 30.3 Å². The Morgan fingerprint density at radius 1 is 0.719 bits per heavy atom. The Labute approximate surface area is 192 Å². The molecule has 3 aromatic rings. The van der Waals surface area contributed by atoms with Crippen LogP contribution in [0.3, 0.4) is 0 Å². The summed E-state index contributed by atoms with van der Waals surface area (Å²) in [6.07, 6.45) is 5.42. The standard InChI is InChI=1S/C30H33NO/c32-30(28-19-11-4-12-20-28)29(22-21-25-13-5-1-6-14-25)31(23-26-15-7-2-8-16-26)24-27-17-9-3-10-18-27/h1-3,5-10,13-18,28-30,32H,4,11-12,19-20,23-24H2/t29-,30+/m1/s1. The van der Waals surface area contributed by atoms with Gasteiger partial charge in [-0.2, -0.15) is 0 Å². The SMILES string of the molecule is O[C@@H](C1CCCCC1)[C@@H](C#Cc1ccccc1)N(Cc1ccccc1)Cc1ccccc1. The molecule has 1 aliphatic rings. The summed E-state index contributed by atoms with van der Waals surface area (Å²) in [6, 6.07) is 31.0. The lowest BCUT2D eigenvalue weighted by atomic mass is 9.82. The van der Waals surface area contributed by atoms with Crippen LogP contribution in [0.25, 0.3) is 0 Å². The van der Waals surface area contributed by atoms with E-state index in [0.29, 0.717) is 5.92 Å². The number of aliphatic hydroxyl groups is 1. The summed E-state index contributed by atoms with van der Waals surface area (Å²) in [5.41, 5.74) is 3.48. The molecule has 1 fully saturated rings. The molecule has 32 heavy (non-hydrogen) atoms. The molecule has 1 saturated carbocycles. The topological polar surface area (TPSA) is 23.5 Å². The Morgan fingerprint density at radius 3 is 1.75 bits per heavy atom. The third-order valence-electron chi connectivity index (χ3n) is 6.44. The fourth-order valence-electron chi connectivity index (χ4n) is 4.69. The van der Waals surface area contributed by atoms with E-state index in [4.69, 9.17) is 0 Å². The van der Waals surface area contributed by atoms with Gasteiger partial charge in [-0.1, -0.05) is 110 Å². The van der Waals surface area contributed by atoms with Crippen LogP contribution in [0.2, 0.25) is 0 Å². The highest BCUT2D eigenvalue weighted by Gasteiger charge is 2.32. The average molecular weight is 424 g/mol. The van der Waals surface area contributed by atoms with Crippen molar-refractivity contribution in [3.8, 4) is 11.8 Å². The molecule has 0 radical (unpaired) electrons. The van der Waals surface area contributed by atoms with Crippen molar-refractivity contribution in [2.75, 3.05) is 0 Å². The lowest BCUT2D eigenvalue weighted by Crippen LogP contribution is -2.46. The lowest BCUT2D eigenvalue weighted by molar-refractivity contribution is 0.0150. The second-order valence-electron chi connectivity index (χ2n) is 8.85. The molecule has 0 amide bonds. The molecule has 4 rings (SSSR count). The Balaban J connectivity index is 1.67. The zero-order chi connectivity index (χ0) is 22.0. The van der Waals surface area contributed by atoms with E-state index < -0.39 is 6.10 Å². The molecule has 0 heterocycles. The van der Waals surface area contributed by atoms with Crippen molar-refractivity contribution < 1.29 is 5.11 Å². The normalized spacial score (nSPS) is 16.2. The Hall–Kier alpha value is -2.86. The molecule has 0 saturated heterocycles. The number of nitrogens with zero attached hydrogens (tertiary/aromatic N) is 1. The van der Waals surface area contributed by atoms with E-state index in [-0.39, 0.29) is 6.04 Å². The predicted octanol–water partition coefficient (Wildman–Crippen LogP) is 6.05. The molecule has 164 valence electrons. The molecule has 1 aliphatic carbocycles. The van der Waals surface area contributed by atoms with Gasteiger partial charge < -0.3 is 5.11 Å². The number of hydrogen-bond donors (Lipinski definition) is 1. The van der Waals surface area contributed by atoms with Gasteiger partial charge in [0.15, 0.2) is 0 Å². The zero-order valence-electron chi connectivity index (χ0n) is 18.7. The second kappa shape index (κ2) is 11.7. The van der Waals surface area contributed by atoms with Crippen molar-refractivity contribution >= 4 is 0 Å². The van der Waals surface area contributed by atoms with Crippen LogP contribution in [0, 0.1) is 17.8 Å². The average Bonchev–Trinajstić information content (AvgIpc) is 2.86. The maximum atomic E-state index is 11.6. The van der Waals surface area contributed by atoms with E-state index in [0.717, 1.165) is 31.5 Å². The maximum absolute atomic E-state index is 11.6. The Kier molecular flexibility index (Phi) is 8.15. The van der Waals surface area contributed by atoms with Gasteiger partial charge in [0.25, 0.3) is 0 Å². The monoisotopic (exact) mass is 423 g/mol. The number of benzene rings is 3. The fourth-order valence-corrected chi connectivity index (χ4v) is 4.69. The molecule has 2 atom stereocenters. The van der Waals surface area contributed by atoms with Gasteiger partial charge in [0.1, 0.15) is 0 Å². The van der Waals surface area contributed by atoms with Crippen molar-refractivity contribution in [1.29, 1.82) is 0 Å². The van der Waals surface area contributed by atoms with Crippen LogP contribution in [0.15, 0.2) is 91.0 Å². The summed E-state index contributed by atoms with van der Waals surface area (Å²) >= 11 is 0. The highest BCUT2D eigenvalue weighted by Crippen LogP contribution is 2.30. The van der Waals surface area contributed by atoms with Gasteiger partial charge in [-0.05, 0) is 42.0 Å². The van der Waals surface area contributed by atoms with E-state index in [1.165, 1.54) is 30.4 Å². The second-order valence-corrected chi connectivity index (χ2v) is 8.85. The first-order valence-electron chi connectivity index (χ1n) is 11.9. The summed E-state index contributed by atoms with van der Waals surface area (Å²) in [7, 11) is 0. The molecular formula is C30H33NO. The smallest absolute Gasteiger partial charge is 0.0989 e. The van der Waals surface area contributed by atoms with Gasteiger partial charge in [-0.25, -0.2) is 0 Å². The Morgan fingerprint density at radius 2 is 1.22 bits per heavy atom. The van der Waals surface area contributed by atoms with Gasteiger partial charge in [-0.3, -0.25) is 4.90 Å². The molecule has 0 aromatic heterocycles. The van der Waals surface area contributed by atoms with E-state index in [1.54, 1.807) is 0 Å². The largest absolute Gasteiger partial charge is 0.390 e. The lowest BCUT2D eigenvalue weighted by Gasteiger charge is -2.36. The van der Waals surface area contributed by atoms with Gasteiger partial charge >= 0.3 is 0 Å². The highest BCUT2D eigenvalue weighted by molar-refractivity contribution is 5.35. The third kappa shape index (κ3) is 6.33. The minimum Gasteiger partial charge on any atom is -0.390 e. The predicted molar refractivity (Wildman–Crippen MR) is 132 cm³/mol. The first-order valence-corrected chi connectivity index (χ1v) is 11.9. The van der Waals surface area contributed by atoms with Gasteiger partial charge in [-0.15, -0.1) is 0 Å². The molecule has 0 unspecified atom stereocenters. The van der Waals surface area contributed by atoms with Crippen LogP contribution in [-0.4, -0.2) is 22.2 Å². The minimum atomic E-state index is -0.459. The van der Waals surface area contributed by atoms with Crippen LogP contribution in [0.4, 0.5) is 0 Å². The van der Waals surface area contributed by atoms with Crippen molar-refractivity contribution in [1.82, 2.24) is 4.90 Å². The number of aliphatic hydroxyl groups excluding tert-OH is 1. The summed E-state index contributed by atoms with van der Waals surface area (Å²) in [5.74, 6) is 7.18. The zero-order valence-corrected chi connectivity index (χ0v) is 18.7. The quantitative estimate of drug-likeness (QED) is 0.468. The third-order valence-corrected chi connectivity index (χ3v) is 6.44. The maximum Gasteiger partial charge on any atom is 0.0989 e. The van der Waals surface area contributed by atoms with Gasteiger partial charge in [0, 0.05) is 18.7 Å². The first kappa shape index (κ1) is 22.3. The van der Waals surface area contributed by atoms with Crippen molar-refractivity contribution in [2.24, 2.45) is 5.92 Å². The van der Waals surface area contributed by atoms with Crippen LogP contribution in [0.1, 0.15) is 48.8 Å².